The van der Waals surface area contributed by atoms with Gasteiger partial charge >= 0.3 is 0 Å². The molecule has 6 heteroatoms. The van der Waals surface area contributed by atoms with Gasteiger partial charge < -0.3 is 16.0 Å². The first-order valence-electron chi connectivity index (χ1n) is 7.74. The van der Waals surface area contributed by atoms with E-state index in [1.165, 1.54) is 0 Å². The van der Waals surface area contributed by atoms with Gasteiger partial charge in [0.05, 0.1) is 0 Å². The van der Waals surface area contributed by atoms with E-state index in [9.17, 15) is 9.59 Å². The highest BCUT2D eigenvalue weighted by molar-refractivity contribution is 5.99. The minimum Gasteiger partial charge on any atom is -0.349 e. The van der Waals surface area contributed by atoms with Crippen LogP contribution in [0, 0.1) is 6.92 Å². The maximum Gasteiger partial charge on any atom is 0.261 e. The van der Waals surface area contributed by atoms with Crippen LogP contribution in [0.1, 0.15) is 41.6 Å². The quantitative estimate of drug-likeness (QED) is 0.786. The number of nitrogens with one attached hydrogen (secondary N) is 2. The van der Waals surface area contributed by atoms with Crippen molar-refractivity contribution in [3.63, 3.8) is 0 Å². The number of carbonyl (C=O) groups is 1. The van der Waals surface area contributed by atoms with Crippen molar-refractivity contribution >= 4 is 29.2 Å². The summed E-state index contributed by atoms with van der Waals surface area (Å²) in [7, 11) is 0. The first kappa shape index (κ1) is 17.5. The first-order chi connectivity index (χ1) is 10.6. The number of H-pyrrole nitrogens is 1. The summed E-state index contributed by atoms with van der Waals surface area (Å²) in [6.45, 7) is 1.82. The lowest BCUT2D eigenvalue weighted by Crippen LogP contribution is -2.42. The summed E-state index contributed by atoms with van der Waals surface area (Å²) in [4.78, 5) is 27.6. The summed E-state index contributed by atoms with van der Waals surface area (Å²) in [5, 5.41) is 3.89. The van der Waals surface area contributed by atoms with Gasteiger partial charge in [0, 0.05) is 23.0 Å². The van der Waals surface area contributed by atoms with Crippen molar-refractivity contribution < 1.29 is 4.79 Å². The molecule has 0 spiro atoms. The van der Waals surface area contributed by atoms with Crippen LogP contribution in [0.15, 0.2) is 29.1 Å². The third-order valence-electron chi connectivity index (χ3n) is 4.52. The predicted octanol–water partition coefficient (Wildman–Crippen LogP) is 2.26. The number of fused-ring (bicyclic) bond motifs is 1. The summed E-state index contributed by atoms with van der Waals surface area (Å²) in [5.74, 6) is -0.287. The van der Waals surface area contributed by atoms with Crippen molar-refractivity contribution in [3.05, 3.63) is 45.7 Å². The van der Waals surface area contributed by atoms with Crippen LogP contribution in [0.5, 0.6) is 0 Å². The molecule has 4 N–H and O–H groups in total. The number of rotatable bonds is 2. The summed E-state index contributed by atoms with van der Waals surface area (Å²) in [6.07, 6.45) is 3.57. The lowest BCUT2D eigenvalue weighted by molar-refractivity contribution is 0.0924. The van der Waals surface area contributed by atoms with Crippen LogP contribution in [-0.2, 0) is 0 Å². The third kappa shape index (κ3) is 3.57. The molecular formula is C17H22ClN3O2. The van der Waals surface area contributed by atoms with Crippen molar-refractivity contribution in [3.8, 4) is 0 Å². The number of amides is 1. The monoisotopic (exact) mass is 335 g/mol. The van der Waals surface area contributed by atoms with Gasteiger partial charge in [0.1, 0.15) is 5.56 Å². The molecule has 1 aliphatic rings. The molecule has 1 aromatic heterocycles. The molecule has 0 atom stereocenters. The lowest BCUT2D eigenvalue weighted by Gasteiger charge is -2.26. The maximum absolute atomic E-state index is 12.5. The van der Waals surface area contributed by atoms with Crippen LogP contribution in [0.25, 0.3) is 10.9 Å². The van der Waals surface area contributed by atoms with Gasteiger partial charge in [-0.1, -0.05) is 18.2 Å². The Bertz CT molecular complexity index is 764. The van der Waals surface area contributed by atoms with E-state index in [1.807, 2.05) is 31.2 Å². The van der Waals surface area contributed by atoms with Crippen molar-refractivity contribution in [2.45, 2.75) is 44.7 Å². The molecule has 3 rings (SSSR count). The second-order valence-corrected chi connectivity index (χ2v) is 6.08. The minimum absolute atomic E-state index is 0. The van der Waals surface area contributed by atoms with Crippen LogP contribution in [0.4, 0.5) is 0 Å². The number of halogens is 1. The van der Waals surface area contributed by atoms with E-state index in [0.717, 1.165) is 42.1 Å². The van der Waals surface area contributed by atoms with E-state index >= 15 is 0 Å². The smallest absolute Gasteiger partial charge is 0.261 e. The molecule has 0 aliphatic heterocycles. The van der Waals surface area contributed by atoms with E-state index < -0.39 is 0 Å². The van der Waals surface area contributed by atoms with Crippen LogP contribution >= 0.6 is 12.4 Å². The summed E-state index contributed by atoms with van der Waals surface area (Å²) < 4.78 is 0. The Morgan fingerprint density at radius 1 is 1.22 bits per heavy atom. The number of pyridine rings is 1. The Morgan fingerprint density at radius 3 is 2.57 bits per heavy atom. The molecule has 0 saturated heterocycles. The second kappa shape index (κ2) is 7.15. The van der Waals surface area contributed by atoms with E-state index in [4.69, 9.17) is 5.73 Å². The number of aromatic amines is 1. The number of carbonyl (C=O) groups excluding carboxylic acids is 1. The molecule has 1 fully saturated rings. The molecule has 0 unspecified atom stereocenters. The molecule has 0 bridgehead atoms. The number of hydrogen-bond acceptors (Lipinski definition) is 3. The van der Waals surface area contributed by atoms with Gasteiger partial charge in [0.25, 0.3) is 11.5 Å². The Labute approximate surface area is 141 Å². The number of aromatic nitrogens is 1. The van der Waals surface area contributed by atoms with Gasteiger partial charge in [0.2, 0.25) is 0 Å². The Morgan fingerprint density at radius 2 is 1.87 bits per heavy atom. The third-order valence-corrected chi connectivity index (χ3v) is 4.52. The fourth-order valence-corrected chi connectivity index (χ4v) is 3.20. The van der Waals surface area contributed by atoms with Crippen molar-refractivity contribution in [1.29, 1.82) is 0 Å². The Hall–Kier alpha value is -1.85. The van der Waals surface area contributed by atoms with Crippen LogP contribution in [-0.4, -0.2) is 23.0 Å². The highest BCUT2D eigenvalue weighted by Gasteiger charge is 2.23. The van der Waals surface area contributed by atoms with Crippen molar-refractivity contribution in [2.75, 3.05) is 0 Å². The standard InChI is InChI=1S/C17H21N3O2.ClH/c1-10-13-4-2-3-5-14(13)20-17(22)15(10)16(21)19-12-8-6-11(18)7-9-12;/h2-5,11-12H,6-9,18H2,1H3,(H,19,21)(H,20,22);1H. The summed E-state index contributed by atoms with van der Waals surface area (Å²) in [6, 6.07) is 7.86. The molecule has 0 radical (unpaired) electrons. The lowest BCUT2D eigenvalue weighted by atomic mass is 9.91. The van der Waals surface area contributed by atoms with Gasteiger partial charge in [-0.3, -0.25) is 9.59 Å². The van der Waals surface area contributed by atoms with E-state index in [1.54, 1.807) is 0 Å². The fourth-order valence-electron chi connectivity index (χ4n) is 3.20. The van der Waals surface area contributed by atoms with Crippen molar-refractivity contribution in [2.24, 2.45) is 5.73 Å². The molecule has 1 aromatic carbocycles. The first-order valence-corrected chi connectivity index (χ1v) is 7.74. The predicted molar refractivity (Wildman–Crippen MR) is 94.3 cm³/mol. The topological polar surface area (TPSA) is 88.0 Å². The molecule has 23 heavy (non-hydrogen) atoms. The summed E-state index contributed by atoms with van der Waals surface area (Å²) in [5.41, 5.74) is 7.25. The van der Waals surface area contributed by atoms with Gasteiger partial charge in [-0.2, -0.15) is 0 Å². The second-order valence-electron chi connectivity index (χ2n) is 6.08. The number of para-hydroxylation sites is 1. The van der Waals surface area contributed by atoms with Gasteiger partial charge in [-0.25, -0.2) is 0 Å². The Balaban J connectivity index is 0.00000192. The average molecular weight is 336 g/mol. The summed E-state index contributed by atoms with van der Waals surface area (Å²) >= 11 is 0. The fraction of sp³-hybridized carbons (Fsp3) is 0.412. The van der Waals surface area contributed by atoms with Gasteiger partial charge in [-0.15, -0.1) is 12.4 Å². The number of hydrogen-bond donors (Lipinski definition) is 3. The Kier molecular flexibility index (Phi) is 5.44. The van der Waals surface area contributed by atoms with E-state index in [2.05, 4.69) is 10.3 Å². The molecule has 1 amide bonds. The molecule has 1 saturated carbocycles. The highest BCUT2D eigenvalue weighted by Crippen LogP contribution is 2.19. The molecule has 2 aromatic rings. The average Bonchev–Trinajstić information content (AvgIpc) is 2.49. The van der Waals surface area contributed by atoms with E-state index in [-0.39, 0.29) is 41.5 Å². The highest BCUT2D eigenvalue weighted by atomic mass is 35.5. The zero-order valence-corrected chi connectivity index (χ0v) is 13.9. The van der Waals surface area contributed by atoms with Crippen LogP contribution in [0.3, 0.4) is 0 Å². The minimum atomic E-state index is -0.332. The van der Waals surface area contributed by atoms with Gasteiger partial charge in [-0.05, 0) is 44.2 Å². The number of nitrogens with two attached hydrogens (primary N) is 1. The number of aryl methyl sites for hydroxylation is 1. The largest absolute Gasteiger partial charge is 0.349 e. The molecule has 5 nitrogen and oxygen atoms in total. The van der Waals surface area contributed by atoms with Crippen molar-refractivity contribution in [1.82, 2.24) is 10.3 Å². The van der Waals surface area contributed by atoms with E-state index in [0.29, 0.717) is 0 Å². The molecular weight excluding hydrogens is 314 g/mol. The zero-order chi connectivity index (χ0) is 15.7. The number of benzene rings is 1. The van der Waals surface area contributed by atoms with Gasteiger partial charge in [0.15, 0.2) is 0 Å². The zero-order valence-electron chi connectivity index (χ0n) is 13.1. The maximum atomic E-state index is 12.5. The SMILES string of the molecule is Cc1c(C(=O)NC2CCC(N)CC2)c(=O)[nH]c2ccccc12.Cl. The van der Waals surface area contributed by atoms with Crippen LogP contribution < -0.4 is 16.6 Å². The molecule has 1 aliphatic carbocycles. The van der Waals surface area contributed by atoms with Crippen LogP contribution in [0.2, 0.25) is 0 Å². The molecule has 1 heterocycles. The normalized spacial score (nSPS) is 20.8. The molecule has 124 valence electrons.